The second-order valence-corrected chi connectivity index (χ2v) is 7.27. The molecule has 6 heteroatoms. The number of fused-ring (bicyclic) bond motifs is 1. The Labute approximate surface area is 141 Å². The van der Waals surface area contributed by atoms with E-state index in [0.717, 1.165) is 11.6 Å². The SMILES string of the molecule is CC1(C)c2cc(O)ccc2CC(Sc2ncccn2)C1[NH3+].[Cl-]. The lowest BCUT2D eigenvalue weighted by Crippen LogP contribution is -3.00. The van der Waals surface area contributed by atoms with Gasteiger partial charge in [0.15, 0.2) is 5.16 Å². The number of aromatic hydroxyl groups is 1. The van der Waals surface area contributed by atoms with Gasteiger partial charge in [-0.05, 0) is 35.7 Å². The fourth-order valence-corrected chi connectivity index (χ4v) is 4.25. The zero-order chi connectivity index (χ0) is 15.0. The van der Waals surface area contributed by atoms with E-state index in [0.29, 0.717) is 11.0 Å². The van der Waals surface area contributed by atoms with Crippen molar-refractivity contribution < 1.29 is 23.2 Å². The Kier molecular flexibility index (Phi) is 5.00. The maximum absolute atomic E-state index is 9.76. The summed E-state index contributed by atoms with van der Waals surface area (Å²) in [5.41, 5.74) is 6.80. The highest BCUT2D eigenvalue weighted by molar-refractivity contribution is 7.99. The highest BCUT2D eigenvalue weighted by Gasteiger charge is 2.44. The first-order chi connectivity index (χ1) is 9.98. The predicted molar refractivity (Wildman–Crippen MR) is 83.2 cm³/mol. The van der Waals surface area contributed by atoms with Crippen molar-refractivity contribution in [2.75, 3.05) is 0 Å². The average molecular weight is 338 g/mol. The molecule has 0 radical (unpaired) electrons. The van der Waals surface area contributed by atoms with Crippen LogP contribution in [0.2, 0.25) is 0 Å². The normalized spacial score (nSPS) is 22.5. The van der Waals surface area contributed by atoms with Gasteiger partial charge < -0.3 is 23.2 Å². The number of hydrogen-bond acceptors (Lipinski definition) is 4. The van der Waals surface area contributed by atoms with Gasteiger partial charge >= 0.3 is 0 Å². The van der Waals surface area contributed by atoms with Gasteiger partial charge in [0.25, 0.3) is 0 Å². The van der Waals surface area contributed by atoms with Gasteiger partial charge in [-0.1, -0.05) is 31.7 Å². The summed E-state index contributed by atoms with van der Waals surface area (Å²) in [4.78, 5) is 8.62. The lowest BCUT2D eigenvalue weighted by Gasteiger charge is -2.40. The standard InChI is InChI=1S/C16H19N3OS.ClH/c1-16(2)12-9-11(20)5-4-10(12)8-13(14(16)17)21-15-18-6-3-7-19-15;/h3-7,9,13-14,20H,8,17H2,1-2H3;1H. The zero-order valence-corrected chi connectivity index (χ0v) is 14.2. The van der Waals surface area contributed by atoms with E-state index in [2.05, 4.69) is 29.5 Å². The topological polar surface area (TPSA) is 73.7 Å². The molecule has 0 fully saturated rings. The number of phenolic OH excluding ortho intramolecular Hbond substituents is 1. The second-order valence-electron chi connectivity index (χ2n) is 6.06. The van der Waals surface area contributed by atoms with Crippen LogP contribution in [0.4, 0.5) is 0 Å². The van der Waals surface area contributed by atoms with E-state index in [9.17, 15) is 5.11 Å². The first-order valence-corrected chi connectivity index (χ1v) is 7.95. The number of phenols is 1. The van der Waals surface area contributed by atoms with Crippen LogP contribution < -0.4 is 18.1 Å². The third-order valence-corrected chi connectivity index (χ3v) is 5.60. The van der Waals surface area contributed by atoms with Crippen molar-refractivity contribution >= 4 is 11.8 Å². The fourth-order valence-electron chi connectivity index (χ4n) is 2.97. The maximum Gasteiger partial charge on any atom is 0.187 e. The Morgan fingerprint density at radius 1 is 1.27 bits per heavy atom. The van der Waals surface area contributed by atoms with Crippen molar-refractivity contribution in [2.24, 2.45) is 0 Å². The van der Waals surface area contributed by atoms with Crippen molar-refractivity contribution in [3.05, 3.63) is 47.8 Å². The van der Waals surface area contributed by atoms with Crippen LogP contribution in [-0.2, 0) is 11.8 Å². The van der Waals surface area contributed by atoms with E-state index >= 15 is 0 Å². The molecule has 1 aliphatic rings. The van der Waals surface area contributed by atoms with Crippen LogP contribution in [0, 0.1) is 0 Å². The van der Waals surface area contributed by atoms with Gasteiger partial charge in [0, 0.05) is 17.8 Å². The van der Waals surface area contributed by atoms with Crippen molar-refractivity contribution in [1.29, 1.82) is 0 Å². The summed E-state index contributed by atoms with van der Waals surface area (Å²) in [6, 6.07) is 7.72. The Morgan fingerprint density at radius 3 is 2.64 bits per heavy atom. The van der Waals surface area contributed by atoms with Crippen LogP contribution in [0.5, 0.6) is 5.75 Å². The Hall–Kier alpha value is -1.30. The Balaban J connectivity index is 0.00000176. The lowest BCUT2D eigenvalue weighted by atomic mass is 9.69. The van der Waals surface area contributed by atoms with Crippen molar-refractivity contribution in [3.63, 3.8) is 0 Å². The van der Waals surface area contributed by atoms with Crippen LogP contribution >= 0.6 is 11.8 Å². The number of aromatic nitrogens is 2. The van der Waals surface area contributed by atoms with Gasteiger partial charge in [-0.2, -0.15) is 0 Å². The van der Waals surface area contributed by atoms with Gasteiger partial charge in [0.1, 0.15) is 11.8 Å². The Bertz CT molecular complexity index is 651. The van der Waals surface area contributed by atoms with Crippen LogP contribution in [0.15, 0.2) is 41.8 Å². The number of halogens is 1. The molecule has 0 bridgehead atoms. The van der Waals surface area contributed by atoms with E-state index in [1.165, 1.54) is 11.1 Å². The molecule has 1 aromatic heterocycles. The smallest absolute Gasteiger partial charge is 0.187 e. The minimum Gasteiger partial charge on any atom is -1.00 e. The minimum absolute atomic E-state index is 0. The second kappa shape index (κ2) is 6.44. The zero-order valence-electron chi connectivity index (χ0n) is 12.7. The van der Waals surface area contributed by atoms with E-state index in [-0.39, 0.29) is 23.9 Å². The molecule has 0 amide bonds. The molecular weight excluding hydrogens is 318 g/mol. The molecule has 1 heterocycles. The molecule has 0 aliphatic heterocycles. The summed E-state index contributed by atoms with van der Waals surface area (Å²) in [5, 5.41) is 10.9. The average Bonchev–Trinajstić information content (AvgIpc) is 2.47. The van der Waals surface area contributed by atoms with Crippen molar-refractivity contribution in [1.82, 2.24) is 9.97 Å². The van der Waals surface area contributed by atoms with Crippen molar-refractivity contribution in [2.45, 2.75) is 42.1 Å². The summed E-state index contributed by atoms with van der Waals surface area (Å²) in [5.74, 6) is 0.325. The highest BCUT2D eigenvalue weighted by atomic mass is 35.5. The number of quaternary nitrogens is 1. The fraction of sp³-hybridized carbons (Fsp3) is 0.375. The molecular formula is C16H20ClN3OS. The summed E-state index contributed by atoms with van der Waals surface area (Å²) >= 11 is 1.70. The first-order valence-electron chi connectivity index (χ1n) is 7.07. The summed E-state index contributed by atoms with van der Waals surface area (Å²) in [7, 11) is 0. The third kappa shape index (κ3) is 3.07. The van der Waals surface area contributed by atoms with Crippen LogP contribution in [0.1, 0.15) is 25.0 Å². The van der Waals surface area contributed by atoms with Gasteiger partial charge in [-0.3, -0.25) is 0 Å². The molecule has 118 valence electrons. The van der Waals surface area contributed by atoms with Gasteiger partial charge in [-0.25, -0.2) is 9.97 Å². The van der Waals surface area contributed by atoms with Gasteiger partial charge in [0.2, 0.25) is 0 Å². The van der Waals surface area contributed by atoms with Crippen LogP contribution in [0.3, 0.4) is 0 Å². The summed E-state index contributed by atoms with van der Waals surface area (Å²) < 4.78 is 0. The number of nitrogens with zero attached hydrogens (tertiary/aromatic N) is 2. The molecule has 2 unspecified atom stereocenters. The van der Waals surface area contributed by atoms with Gasteiger partial charge in [-0.15, -0.1) is 0 Å². The van der Waals surface area contributed by atoms with Crippen LogP contribution in [0.25, 0.3) is 0 Å². The number of rotatable bonds is 2. The number of hydrogen-bond donors (Lipinski definition) is 2. The summed E-state index contributed by atoms with van der Waals surface area (Å²) in [6.45, 7) is 4.39. The van der Waals surface area contributed by atoms with E-state index in [1.807, 2.05) is 18.2 Å². The quantitative estimate of drug-likeness (QED) is 0.675. The Morgan fingerprint density at radius 2 is 1.95 bits per heavy atom. The molecule has 0 saturated heterocycles. The molecule has 2 aromatic rings. The van der Waals surface area contributed by atoms with E-state index in [1.54, 1.807) is 30.2 Å². The van der Waals surface area contributed by atoms with E-state index in [4.69, 9.17) is 0 Å². The third-order valence-electron chi connectivity index (χ3n) is 4.38. The van der Waals surface area contributed by atoms with Crippen molar-refractivity contribution in [3.8, 4) is 5.75 Å². The number of benzene rings is 1. The maximum atomic E-state index is 9.76. The molecule has 22 heavy (non-hydrogen) atoms. The lowest BCUT2D eigenvalue weighted by molar-refractivity contribution is -0.435. The molecule has 1 aliphatic carbocycles. The van der Waals surface area contributed by atoms with E-state index < -0.39 is 0 Å². The first kappa shape index (κ1) is 17.1. The monoisotopic (exact) mass is 337 g/mol. The molecule has 0 spiro atoms. The largest absolute Gasteiger partial charge is 1.00 e. The molecule has 2 atom stereocenters. The molecule has 4 N–H and O–H groups in total. The molecule has 0 saturated carbocycles. The minimum atomic E-state index is -0.0846. The predicted octanol–water partition coefficient (Wildman–Crippen LogP) is -1.21. The van der Waals surface area contributed by atoms with Crippen LogP contribution in [-0.4, -0.2) is 26.4 Å². The summed E-state index contributed by atoms with van der Waals surface area (Å²) in [6.07, 6.45) is 4.47. The molecule has 1 aromatic carbocycles. The molecule has 4 nitrogen and oxygen atoms in total. The highest BCUT2D eigenvalue weighted by Crippen LogP contribution is 2.41. The molecule has 3 rings (SSSR count). The van der Waals surface area contributed by atoms with Gasteiger partial charge in [0.05, 0.1) is 5.25 Å². The number of thioether (sulfide) groups is 1.